The molecule has 1 N–H and O–H groups in total. The third-order valence-corrected chi connectivity index (χ3v) is 6.50. The maximum Gasteiger partial charge on any atom is 0.146 e. The summed E-state index contributed by atoms with van der Waals surface area (Å²) in [6, 6.07) is 18.6. The minimum Gasteiger partial charge on any atom is -0.396 e. The quantitative estimate of drug-likeness (QED) is 0.810. The molecule has 0 spiro atoms. The second-order valence-corrected chi connectivity index (χ2v) is 8.29. The number of nitrogens with zero attached hydrogens (tertiary/aromatic N) is 3. The number of aliphatic hydroxyl groups is 1. The van der Waals surface area contributed by atoms with Crippen LogP contribution >= 0.6 is 0 Å². The van der Waals surface area contributed by atoms with Crippen LogP contribution in [0.5, 0.6) is 0 Å². The molecule has 4 nitrogen and oxygen atoms in total. The molecule has 2 saturated heterocycles. The maximum absolute atomic E-state index is 14.1. The molecular formula is C24H32FN3O. The van der Waals surface area contributed by atoms with Crippen molar-refractivity contribution >= 4 is 5.69 Å². The number of hydrogen-bond donors (Lipinski definition) is 1. The molecule has 2 fully saturated rings. The Morgan fingerprint density at radius 2 is 1.62 bits per heavy atom. The van der Waals surface area contributed by atoms with Crippen LogP contribution in [0.1, 0.15) is 24.8 Å². The van der Waals surface area contributed by atoms with E-state index in [9.17, 15) is 9.50 Å². The van der Waals surface area contributed by atoms with E-state index < -0.39 is 0 Å². The molecule has 29 heavy (non-hydrogen) atoms. The number of aliphatic hydroxyl groups excluding tert-OH is 1. The van der Waals surface area contributed by atoms with Crippen molar-refractivity contribution in [3.63, 3.8) is 0 Å². The molecule has 2 aliphatic heterocycles. The van der Waals surface area contributed by atoms with Crippen LogP contribution in [0.2, 0.25) is 0 Å². The van der Waals surface area contributed by atoms with E-state index in [0.717, 1.165) is 64.2 Å². The van der Waals surface area contributed by atoms with E-state index in [1.165, 1.54) is 5.56 Å². The number of rotatable bonds is 6. The van der Waals surface area contributed by atoms with E-state index >= 15 is 0 Å². The lowest BCUT2D eigenvalue weighted by molar-refractivity contribution is 0.0254. The summed E-state index contributed by atoms with van der Waals surface area (Å²) < 4.78 is 14.1. The number of benzene rings is 2. The largest absolute Gasteiger partial charge is 0.396 e. The second-order valence-electron chi connectivity index (χ2n) is 8.29. The van der Waals surface area contributed by atoms with Crippen LogP contribution in [0.15, 0.2) is 54.6 Å². The molecular weight excluding hydrogens is 365 g/mol. The maximum atomic E-state index is 14.1. The van der Waals surface area contributed by atoms with Gasteiger partial charge in [-0.15, -0.1) is 0 Å². The van der Waals surface area contributed by atoms with E-state index in [2.05, 4.69) is 45.0 Å². The highest BCUT2D eigenvalue weighted by atomic mass is 19.1. The van der Waals surface area contributed by atoms with E-state index in [0.29, 0.717) is 12.1 Å². The lowest BCUT2D eigenvalue weighted by atomic mass is 9.98. The van der Waals surface area contributed by atoms with Crippen LogP contribution in [0, 0.1) is 5.82 Å². The molecule has 4 rings (SSSR count). The molecule has 1 atom stereocenters. The van der Waals surface area contributed by atoms with Gasteiger partial charge in [0.1, 0.15) is 5.82 Å². The zero-order valence-corrected chi connectivity index (χ0v) is 17.1. The third kappa shape index (κ3) is 4.97. The van der Waals surface area contributed by atoms with Crippen molar-refractivity contribution in [2.24, 2.45) is 0 Å². The Balaban J connectivity index is 1.34. The summed E-state index contributed by atoms with van der Waals surface area (Å²) in [5.41, 5.74) is 2.07. The van der Waals surface area contributed by atoms with Gasteiger partial charge in [0.25, 0.3) is 0 Å². The molecule has 2 aromatic carbocycles. The molecule has 0 saturated carbocycles. The van der Waals surface area contributed by atoms with Crippen LogP contribution in [-0.4, -0.2) is 66.3 Å². The average molecular weight is 398 g/mol. The van der Waals surface area contributed by atoms with Crippen molar-refractivity contribution in [1.82, 2.24) is 9.80 Å². The zero-order chi connectivity index (χ0) is 20.1. The lowest BCUT2D eigenvalue weighted by Gasteiger charge is -2.47. The first kappa shape index (κ1) is 20.3. The Morgan fingerprint density at radius 3 is 2.34 bits per heavy atom. The fourth-order valence-corrected chi connectivity index (χ4v) is 4.88. The van der Waals surface area contributed by atoms with E-state index in [1.807, 2.05) is 12.1 Å². The van der Waals surface area contributed by atoms with Crippen LogP contribution in [0.4, 0.5) is 10.1 Å². The number of para-hydroxylation sites is 1. The SMILES string of the molecule is OCC[C@H]1CN(C2CCN(c3ccccc3F)CC2)CCN1Cc1ccccc1. The molecule has 2 aliphatic rings. The highest BCUT2D eigenvalue weighted by Gasteiger charge is 2.32. The third-order valence-electron chi connectivity index (χ3n) is 6.50. The summed E-state index contributed by atoms with van der Waals surface area (Å²) in [6.07, 6.45) is 2.95. The highest BCUT2D eigenvalue weighted by Crippen LogP contribution is 2.27. The lowest BCUT2D eigenvalue weighted by Crippen LogP contribution is -2.57. The Morgan fingerprint density at radius 1 is 0.897 bits per heavy atom. The van der Waals surface area contributed by atoms with Crippen molar-refractivity contribution in [3.05, 3.63) is 66.0 Å². The highest BCUT2D eigenvalue weighted by molar-refractivity contribution is 5.47. The minimum atomic E-state index is -0.122. The van der Waals surface area contributed by atoms with Crippen molar-refractivity contribution in [2.75, 3.05) is 44.2 Å². The van der Waals surface area contributed by atoms with Crippen molar-refractivity contribution in [3.8, 4) is 0 Å². The van der Waals surface area contributed by atoms with Gasteiger partial charge in [0.05, 0.1) is 5.69 Å². The van der Waals surface area contributed by atoms with Gasteiger partial charge in [-0.05, 0) is 37.0 Å². The van der Waals surface area contributed by atoms with Crippen LogP contribution < -0.4 is 4.90 Å². The molecule has 0 aromatic heterocycles. The smallest absolute Gasteiger partial charge is 0.146 e. The Hall–Kier alpha value is -1.95. The molecule has 0 bridgehead atoms. The molecule has 2 heterocycles. The van der Waals surface area contributed by atoms with Crippen molar-refractivity contribution in [2.45, 2.75) is 37.9 Å². The van der Waals surface area contributed by atoms with Crippen LogP contribution in [0.3, 0.4) is 0 Å². The summed E-state index contributed by atoms with van der Waals surface area (Å²) in [4.78, 5) is 7.32. The number of piperidine rings is 1. The van der Waals surface area contributed by atoms with Gasteiger partial charge < -0.3 is 10.0 Å². The second kappa shape index (κ2) is 9.70. The van der Waals surface area contributed by atoms with Crippen molar-refractivity contribution < 1.29 is 9.50 Å². The standard InChI is InChI=1S/C24H32FN3O/c25-23-8-4-5-9-24(23)26-13-10-21(11-14-26)28-16-15-27(22(19-28)12-17-29)18-20-6-2-1-3-7-20/h1-9,21-22,29H,10-19H2/t22-/m0/s1. The Kier molecular flexibility index (Phi) is 6.80. The molecule has 0 aliphatic carbocycles. The number of anilines is 1. The van der Waals surface area contributed by atoms with Crippen molar-refractivity contribution in [1.29, 1.82) is 0 Å². The Labute approximate surface area is 173 Å². The van der Waals surface area contributed by atoms with E-state index in [1.54, 1.807) is 12.1 Å². The summed E-state index contributed by atoms with van der Waals surface area (Å²) in [7, 11) is 0. The van der Waals surface area contributed by atoms with Gasteiger partial charge in [-0.2, -0.15) is 0 Å². The molecule has 2 aromatic rings. The summed E-state index contributed by atoms with van der Waals surface area (Å²) >= 11 is 0. The van der Waals surface area contributed by atoms with Gasteiger partial charge in [-0.3, -0.25) is 9.80 Å². The topological polar surface area (TPSA) is 30.0 Å². The van der Waals surface area contributed by atoms with Gasteiger partial charge in [0.2, 0.25) is 0 Å². The molecule has 0 unspecified atom stereocenters. The van der Waals surface area contributed by atoms with Gasteiger partial charge >= 0.3 is 0 Å². The predicted octanol–water partition coefficient (Wildman–Crippen LogP) is 3.36. The summed E-state index contributed by atoms with van der Waals surface area (Å²) in [5.74, 6) is -0.122. The minimum absolute atomic E-state index is 0.122. The monoisotopic (exact) mass is 397 g/mol. The van der Waals surface area contributed by atoms with Crippen LogP contribution in [-0.2, 0) is 6.54 Å². The first-order valence-corrected chi connectivity index (χ1v) is 10.9. The van der Waals surface area contributed by atoms with Gasteiger partial charge in [-0.25, -0.2) is 4.39 Å². The molecule has 156 valence electrons. The number of hydrogen-bond acceptors (Lipinski definition) is 4. The number of halogens is 1. The average Bonchev–Trinajstić information content (AvgIpc) is 2.76. The van der Waals surface area contributed by atoms with Crippen LogP contribution in [0.25, 0.3) is 0 Å². The first-order valence-electron chi connectivity index (χ1n) is 10.9. The van der Waals surface area contributed by atoms with Gasteiger partial charge in [-0.1, -0.05) is 42.5 Å². The normalized spacial score (nSPS) is 22.1. The molecule has 0 amide bonds. The van der Waals surface area contributed by atoms with E-state index in [4.69, 9.17) is 0 Å². The zero-order valence-electron chi connectivity index (χ0n) is 17.1. The first-order chi connectivity index (χ1) is 14.2. The Bertz CT molecular complexity index is 764. The van der Waals surface area contributed by atoms with Gasteiger partial charge in [0, 0.05) is 58.0 Å². The van der Waals surface area contributed by atoms with E-state index in [-0.39, 0.29) is 12.4 Å². The van der Waals surface area contributed by atoms with Gasteiger partial charge in [0.15, 0.2) is 0 Å². The summed E-state index contributed by atoms with van der Waals surface area (Å²) in [5, 5.41) is 9.60. The fourth-order valence-electron chi connectivity index (χ4n) is 4.88. The molecule has 0 radical (unpaired) electrons. The summed E-state index contributed by atoms with van der Waals surface area (Å²) in [6.45, 7) is 6.10. The fraction of sp³-hybridized carbons (Fsp3) is 0.500. The molecule has 5 heteroatoms. The predicted molar refractivity (Wildman–Crippen MR) is 116 cm³/mol. The number of piperazine rings is 1.